The van der Waals surface area contributed by atoms with E-state index >= 15 is 0 Å². The Balaban J connectivity index is 1.87. The molecule has 0 saturated heterocycles. The van der Waals surface area contributed by atoms with Gasteiger partial charge in [0, 0.05) is 6.42 Å². The van der Waals surface area contributed by atoms with Gasteiger partial charge in [0.1, 0.15) is 6.10 Å². The van der Waals surface area contributed by atoms with Crippen LogP contribution in [0.1, 0.15) is 28.5 Å². The Kier molecular flexibility index (Phi) is 3.67. The maximum absolute atomic E-state index is 10.4. The van der Waals surface area contributed by atoms with Crippen LogP contribution in [0.2, 0.25) is 0 Å². The first-order valence-electron chi connectivity index (χ1n) is 7.09. The minimum atomic E-state index is -0.636. The monoisotopic (exact) mass is 278 g/mol. The topological polar surface area (TPSA) is 46.0 Å². The molecular formula is C18H18N2O. The molecule has 0 radical (unpaired) electrons. The summed E-state index contributed by atoms with van der Waals surface area (Å²) in [4.78, 5) is 8.86. The molecule has 2 aromatic carbocycles. The number of nitrogens with zero attached hydrogens (tertiary/aromatic N) is 2. The fourth-order valence-electron chi connectivity index (χ4n) is 2.65. The number of aliphatic hydroxyl groups is 1. The molecule has 3 heteroatoms. The number of aliphatic hydroxyl groups excluding tert-OH is 1. The highest BCUT2D eigenvalue weighted by molar-refractivity contribution is 5.73. The van der Waals surface area contributed by atoms with Crippen LogP contribution < -0.4 is 0 Å². The fourth-order valence-corrected chi connectivity index (χ4v) is 2.65. The molecule has 3 nitrogen and oxygen atoms in total. The smallest absolute Gasteiger partial charge is 0.102 e. The summed E-state index contributed by atoms with van der Waals surface area (Å²) in [5.74, 6) is 0. The van der Waals surface area contributed by atoms with Gasteiger partial charge in [-0.3, -0.25) is 4.98 Å². The second-order valence-corrected chi connectivity index (χ2v) is 5.50. The normalized spacial score (nSPS) is 12.5. The molecule has 0 saturated carbocycles. The largest absolute Gasteiger partial charge is 0.386 e. The van der Waals surface area contributed by atoms with Gasteiger partial charge in [-0.05, 0) is 31.5 Å². The summed E-state index contributed by atoms with van der Waals surface area (Å²) in [6, 6.07) is 14.0. The van der Waals surface area contributed by atoms with Crippen molar-refractivity contribution < 1.29 is 5.11 Å². The third-order valence-corrected chi connectivity index (χ3v) is 3.52. The van der Waals surface area contributed by atoms with Crippen molar-refractivity contribution in [3.05, 3.63) is 71.0 Å². The molecule has 106 valence electrons. The summed E-state index contributed by atoms with van der Waals surface area (Å²) in [6.07, 6.45) is 1.58. The number of hydrogen-bond acceptors (Lipinski definition) is 3. The molecule has 0 fully saturated rings. The van der Waals surface area contributed by atoms with Crippen molar-refractivity contribution in [2.45, 2.75) is 26.4 Å². The predicted molar refractivity (Wildman–Crippen MR) is 84.1 cm³/mol. The minimum Gasteiger partial charge on any atom is -0.386 e. The first kappa shape index (κ1) is 13.7. The summed E-state index contributed by atoms with van der Waals surface area (Å²) < 4.78 is 0. The van der Waals surface area contributed by atoms with E-state index in [4.69, 9.17) is 0 Å². The number of benzene rings is 2. The van der Waals surface area contributed by atoms with E-state index in [1.807, 2.05) is 24.3 Å². The van der Waals surface area contributed by atoms with Gasteiger partial charge in [-0.2, -0.15) is 0 Å². The van der Waals surface area contributed by atoms with Crippen LogP contribution in [0.4, 0.5) is 0 Å². The molecule has 0 spiro atoms. The molecule has 1 atom stereocenters. The Hall–Kier alpha value is -2.26. The lowest BCUT2D eigenvalue weighted by Crippen LogP contribution is -2.05. The Morgan fingerprint density at radius 1 is 1.00 bits per heavy atom. The van der Waals surface area contributed by atoms with Crippen molar-refractivity contribution in [3.8, 4) is 0 Å². The average molecular weight is 278 g/mol. The van der Waals surface area contributed by atoms with Crippen molar-refractivity contribution >= 4 is 11.0 Å². The van der Waals surface area contributed by atoms with Crippen LogP contribution in [-0.2, 0) is 6.42 Å². The zero-order valence-electron chi connectivity index (χ0n) is 12.2. The number of fused-ring (bicyclic) bond motifs is 1. The molecule has 0 amide bonds. The maximum atomic E-state index is 10.4. The van der Waals surface area contributed by atoms with Gasteiger partial charge in [-0.15, -0.1) is 0 Å². The van der Waals surface area contributed by atoms with Crippen molar-refractivity contribution in [2.24, 2.45) is 0 Å². The standard InChI is InChI=1S/C18H18N2O/c1-12-7-13(2)9-14(8-12)10-18(21)17-11-19-15-5-3-4-6-16(15)20-17/h3-9,11,18,21H,10H2,1-2H3. The fraction of sp³-hybridized carbons (Fsp3) is 0.222. The number of hydrogen-bond donors (Lipinski definition) is 1. The van der Waals surface area contributed by atoms with Gasteiger partial charge in [0.15, 0.2) is 0 Å². The van der Waals surface area contributed by atoms with Gasteiger partial charge < -0.3 is 5.11 Å². The second kappa shape index (κ2) is 5.62. The molecule has 1 aromatic heterocycles. The van der Waals surface area contributed by atoms with Crippen LogP contribution in [0, 0.1) is 13.8 Å². The van der Waals surface area contributed by atoms with Crippen molar-refractivity contribution in [3.63, 3.8) is 0 Å². The molecular weight excluding hydrogens is 260 g/mol. The van der Waals surface area contributed by atoms with E-state index in [9.17, 15) is 5.11 Å². The zero-order chi connectivity index (χ0) is 14.8. The first-order chi connectivity index (χ1) is 10.1. The van der Waals surface area contributed by atoms with E-state index in [-0.39, 0.29) is 0 Å². The zero-order valence-corrected chi connectivity index (χ0v) is 12.2. The molecule has 0 aliphatic carbocycles. The van der Waals surface area contributed by atoms with E-state index in [1.165, 1.54) is 11.1 Å². The third-order valence-electron chi connectivity index (χ3n) is 3.52. The van der Waals surface area contributed by atoms with Gasteiger partial charge in [0.25, 0.3) is 0 Å². The van der Waals surface area contributed by atoms with Crippen molar-refractivity contribution in [1.82, 2.24) is 9.97 Å². The highest BCUT2D eigenvalue weighted by atomic mass is 16.3. The molecule has 1 unspecified atom stereocenters. The maximum Gasteiger partial charge on any atom is 0.102 e. The minimum absolute atomic E-state index is 0.551. The highest BCUT2D eigenvalue weighted by Crippen LogP contribution is 2.20. The second-order valence-electron chi connectivity index (χ2n) is 5.50. The van der Waals surface area contributed by atoms with E-state index in [0.29, 0.717) is 12.1 Å². The summed E-state index contributed by atoms with van der Waals surface area (Å²) in [5, 5.41) is 10.4. The van der Waals surface area contributed by atoms with Crippen LogP contribution in [0.5, 0.6) is 0 Å². The summed E-state index contributed by atoms with van der Waals surface area (Å²) in [6.45, 7) is 4.14. The Bertz CT molecular complexity index is 763. The van der Waals surface area contributed by atoms with Gasteiger partial charge in [-0.25, -0.2) is 4.98 Å². The number of rotatable bonds is 3. The van der Waals surface area contributed by atoms with Crippen LogP contribution in [0.25, 0.3) is 11.0 Å². The van der Waals surface area contributed by atoms with Gasteiger partial charge >= 0.3 is 0 Å². The van der Waals surface area contributed by atoms with Crippen LogP contribution in [0.15, 0.2) is 48.7 Å². The predicted octanol–water partition coefficient (Wildman–Crippen LogP) is 3.52. The molecule has 1 heterocycles. The number of aromatic nitrogens is 2. The lowest BCUT2D eigenvalue weighted by Gasteiger charge is -2.12. The van der Waals surface area contributed by atoms with E-state index in [2.05, 4.69) is 42.0 Å². The number of para-hydroxylation sites is 2. The average Bonchev–Trinajstić information content (AvgIpc) is 2.45. The molecule has 0 aliphatic heterocycles. The van der Waals surface area contributed by atoms with Gasteiger partial charge in [0.2, 0.25) is 0 Å². The first-order valence-corrected chi connectivity index (χ1v) is 7.09. The quantitative estimate of drug-likeness (QED) is 0.797. The Morgan fingerprint density at radius 2 is 1.67 bits per heavy atom. The molecule has 3 aromatic rings. The van der Waals surface area contributed by atoms with E-state index in [0.717, 1.165) is 16.6 Å². The molecule has 0 bridgehead atoms. The molecule has 3 rings (SSSR count). The summed E-state index contributed by atoms with van der Waals surface area (Å²) in [5.41, 5.74) is 5.82. The molecule has 0 aliphatic rings. The molecule has 21 heavy (non-hydrogen) atoms. The lowest BCUT2D eigenvalue weighted by molar-refractivity contribution is 0.173. The highest BCUT2D eigenvalue weighted by Gasteiger charge is 2.12. The van der Waals surface area contributed by atoms with Crippen molar-refractivity contribution in [2.75, 3.05) is 0 Å². The summed E-state index contributed by atoms with van der Waals surface area (Å²) >= 11 is 0. The molecule has 1 N–H and O–H groups in total. The third kappa shape index (κ3) is 3.09. The lowest BCUT2D eigenvalue weighted by atomic mass is 10.0. The van der Waals surface area contributed by atoms with Gasteiger partial charge in [0.05, 0.1) is 22.9 Å². The van der Waals surface area contributed by atoms with Crippen LogP contribution in [-0.4, -0.2) is 15.1 Å². The van der Waals surface area contributed by atoms with E-state index in [1.54, 1.807) is 6.20 Å². The van der Waals surface area contributed by atoms with E-state index < -0.39 is 6.10 Å². The van der Waals surface area contributed by atoms with Gasteiger partial charge in [-0.1, -0.05) is 41.5 Å². The van der Waals surface area contributed by atoms with Crippen LogP contribution in [0.3, 0.4) is 0 Å². The Morgan fingerprint density at radius 3 is 2.38 bits per heavy atom. The van der Waals surface area contributed by atoms with Crippen LogP contribution >= 0.6 is 0 Å². The SMILES string of the molecule is Cc1cc(C)cc(CC(O)c2cnc3ccccc3n2)c1. The number of aryl methyl sites for hydroxylation is 2. The van der Waals surface area contributed by atoms with Crippen molar-refractivity contribution in [1.29, 1.82) is 0 Å². The summed E-state index contributed by atoms with van der Waals surface area (Å²) in [7, 11) is 0. The Labute approximate surface area is 124 Å².